The lowest BCUT2D eigenvalue weighted by Crippen LogP contribution is -2.41. The first-order valence-corrected chi connectivity index (χ1v) is 8.21. The largest absolute Gasteiger partial charge is 0.462 e. The summed E-state index contributed by atoms with van der Waals surface area (Å²) < 4.78 is 32.3. The first-order valence-electron chi connectivity index (χ1n) is 6.77. The number of hydrogen-bond donors (Lipinski definition) is 1. The number of aliphatic hydroxyl groups is 1. The van der Waals surface area contributed by atoms with Crippen LogP contribution in [-0.4, -0.2) is 55.5 Å². The van der Waals surface area contributed by atoms with Gasteiger partial charge in [-0.3, -0.25) is 0 Å². The van der Waals surface area contributed by atoms with Crippen molar-refractivity contribution in [2.75, 3.05) is 26.7 Å². The van der Waals surface area contributed by atoms with Crippen LogP contribution in [0.25, 0.3) is 0 Å². The highest BCUT2D eigenvalue weighted by Crippen LogP contribution is 2.26. The molecule has 1 aliphatic heterocycles. The molecule has 0 aliphatic carbocycles. The minimum absolute atomic E-state index is 0.0839. The Hall–Kier alpha value is -0.890. The lowest BCUT2D eigenvalue weighted by atomic mass is 10.3. The van der Waals surface area contributed by atoms with Crippen molar-refractivity contribution < 1.29 is 17.9 Å². The number of rotatable bonds is 3. The third-order valence-electron chi connectivity index (χ3n) is 3.65. The first-order chi connectivity index (χ1) is 9.36. The van der Waals surface area contributed by atoms with E-state index >= 15 is 0 Å². The lowest BCUT2D eigenvalue weighted by molar-refractivity contribution is 0.244. The predicted octanol–water partition coefficient (Wildman–Crippen LogP) is 0.795. The number of hydrogen-bond acceptors (Lipinski definition) is 5. The summed E-state index contributed by atoms with van der Waals surface area (Å²) in [6.45, 7) is 5.34. The van der Waals surface area contributed by atoms with Crippen molar-refractivity contribution in [3.63, 3.8) is 0 Å². The zero-order chi connectivity index (χ0) is 14.9. The average Bonchev–Trinajstić information content (AvgIpc) is 2.67. The quantitative estimate of drug-likeness (QED) is 0.894. The van der Waals surface area contributed by atoms with Gasteiger partial charge in [-0.2, -0.15) is 4.31 Å². The van der Waals surface area contributed by atoms with E-state index in [1.165, 1.54) is 10.4 Å². The molecule has 7 heteroatoms. The van der Waals surface area contributed by atoms with Gasteiger partial charge in [-0.1, -0.05) is 0 Å². The zero-order valence-corrected chi connectivity index (χ0v) is 13.0. The summed E-state index contributed by atoms with van der Waals surface area (Å²) in [6, 6.07) is 1.34. The van der Waals surface area contributed by atoms with Crippen molar-refractivity contribution >= 4 is 10.0 Å². The summed E-state index contributed by atoms with van der Waals surface area (Å²) in [5, 5.41) is 9.07. The van der Waals surface area contributed by atoms with E-state index in [-0.39, 0.29) is 23.3 Å². The van der Waals surface area contributed by atoms with E-state index in [2.05, 4.69) is 4.90 Å². The SMILES string of the molecule is Cc1oc(CO)cc1S(=O)(=O)N1CCCN(C)CC1C. The maximum atomic E-state index is 12.8. The highest BCUT2D eigenvalue weighted by molar-refractivity contribution is 7.89. The Kier molecular flexibility index (Phi) is 4.53. The van der Waals surface area contributed by atoms with E-state index in [4.69, 9.17) is 9.52 Å². The van der Waals surface area contributed by atoms with Gasteiger partial charge in [0.1, 0.15) is 23.0 Å². The third-order valence-corrected chi connectivity index (χ3v) is 5.77. The van der Waals surface area contributed by atoms with Crippen LogP contribution in [0.1, 0.15) is 24.9 Å². The van der Waals surface area contributed by atoms with Gasteiger partial charge < -0.3 is 14.4 Å². The van der Waals surface area contributed by atoms with Crippen LogP contribution in [0.4, 0.5) is 0 Å². The number of nitrogens with zero attached hydrogens (tertiary/aromatic N) is 2. The standard InChI is InChI=1S/C13H22N2O4S/c1-10-8-14(3)5-4-6-15(10)20(17,18)13-7-12(9-16)19-11(13)2/h7,10,16H,4-6,8-9H2,1-3H3. The van der Waals surface area contributed by atoms with E-state index < -0.39 is 10.0 Å². The highest BCUT2D eigenvalue weighted by atomic mass is 32.2. The van der Waals surface area contributed by atoms with Crippen molar-refractivity contribution in [2.45, 2.75) is 37.8 Å². The molecule has 1 atom stereocenters. The molecule has 20 heavy (non-hydrogen) atoms. The predicted molar refractivity (Wildman–Crippen MR) is 74.8 cm³/mol. The molecule has 114 valence electrons. The van der Waals surface area contributed by atoms with Crippen LogP contribution in [0.3, 0.4) is 0 Å². The zero-order valence-electron chi connectivity index (χ0n) is 12.2. The number of aryl methyl sites for hydroxylation is 1. The molecule has 0 bridgehead atoms. The van der Waals surface area contributed by atoms with Gasteiger partial charge in [0.15, 0.2) is 0 Å². The van der Waals surface area contributed by atoms with Crippen molar-refractivity contribution in [2.24, 2.45) is 0 Å². The van der Waals surface area contributed by atoms with Gasteiger partial charge in [0.05, 0.1) is 0 Å². The van der Waals surface area contributed by atoms with Crippen molar-refractivity contribution in [3.05, 3.63) is 17.6 Å². The van der Waals surface area contributed by atoms with Crippen LogP contribution in [0.2, 0.25) is 0 Å². The normalized spacial score (nSPS) is 22.9. The van der Waals surface area contributed by atoms with Gasteiger partial charge in [-0.05, 0) is 33.9 Å². The Morgan fingerprint density at radius 3 is 2.75 bits per heavy atom. The van der Waals surface area contributed by atoms with E-state index in [0.717, 1.165) is 13.0 Å². The van der Waals surface area contributed by atoms with Gasteiger partial charge in [0.2, 0.25) is 10.0 Å². The Balaban J connectivity index is 2.35. The summed E-state index contributed by atoms with van der Waals surface area (Å²) in [4.78, 5) is 2.31. The molecule has 2 heterocycles. The molecule has 1 fully saturated rings. The Bertz CT molecular complexity index is 567. The van der Waals surface area contributed by atoms with Gasteiger partial charge >= 0.3 is 0 Å². The van der Waals surface area contributed by atoms with E-state index in [1.807, 2.05) is 14.0 Å². The fourth-order valence-electron chi connectivity index (χ4n) is 2.69. The molecule has 2 rings (SSSR count). The van der Waals surface area contributed by atoms with Crippen LogP contribution < -0.4 is 0 Å². The van der Waals surface area contributed by atoms with Crippen LogP contribution in [0.15, 0.2) is 15.4 Å². The highest BCUT2D eigenvalue weighted by Gasteiger charge is 2.33. The van der Waals surface area contributed by atoms with Crippen molar-refractivity contribution in [1.29, 1.82) is 0 Å². The van der Waals surface area contributed by atoms with Gasteiger partial charge in [-0.15, -0.1) is 0 Å². The molecule has 0 saturated carbocycles. The Labute approximate surface area is 120 Å². The number of furan rings is 1. The Morgan fingerprint density at radius 2 is 2.15 bits per heavy atom. The number of aliphatic hydroxyl groups excluding tert-OH is 1. The molecule has 0 spiro atoms. The smallest absolute Gasteiger partial charge is 0.246 e. The summed E-state index contributed by atoms with van der Waals surface area (Å²) in [5.41, 5.74) is 0. The van der Waals surface area contributed by atoms with Gasteiger partial charge in [0.25, 0.3) is 0 Å². The fraction of sp³-hybridized carbons (Fsp3) is 0.692. The second-order valence-corrected chi connectivity index (χ2v) is 7.23. The summed E-state index contributed by atoms with van der Waals surface area (Å²) in [6.07, 6.45) is 0.809. The molecule has 1 unspecified atom stereocenters. The molecule has 1 aliphatic rings. The molecular formula is C13H22N2O4S. The lowest BCUT2D eigenvalue weighted by Gasteiger charge is -2.26. The summed E-state index contributed by atoms with van der Waals surface area (Å²) in [5.74, 6) is 0.611. The number of likely N-dealkylation sites (N-methyl/N-ethyl adjacent to an activating group) is 1. The second-order valence-electron chi connectivity index (χ2n) is 5.37. The monoisotopic (exact) mass is 302 g/mol. The van der Waals surface area contributed by atoms with E-state index in [0.29, 0.717) is 18.8 Å². The average molecular weight is 302 g/mol. The molecule has 1 N–H and O–H groups in total. The van der Waals surface area contributed by atoms with Crippen molar-refractivity contribution in [3.8, 4) is 0 Å². The first kappa shape index (κ1) is 15.5. The van der Waals surface area contributed by atoms with Crippen molar-refractivity contribution in [1.82, 2.24) is 9.21 Å². The van der Waals surface area contributed by atoms with Gasteiger partial charge in [0, 0.05) is 25.2 Å². The maximum absolute atomic E-state index is 12.8. The molecule has 1 aromatic heterocycles. The summed E-state index contributed by atoms with van der Waals surface area (Å²) in [7, 11) is -1.58. The molecular weight excluding hydrogens is 280 g/mol. The van der Waals surface area contributed by atoms with Crippen LogP contribution in [0.5, 0.6) is 0 Å². The van der Waals surface area contributed by atoms with Crippen LogP contribution in [-0.2, 0) is 16.6 Å². The Morgan fingerprint density at radius 1 is 1.45 bits per heavy atom. The minimum Gasteiger partial charge on any atom is -0.462 e. The molecule has 0 amide bonds. The van der Waals surface area contributed by atoms with Gasteiger partial charge in [-0.25, -0.2) is 8.42 Å². The van der Waals surface area contributed by atoms with E-state index in [1.54, 1.807) is 6.92 Å². The molecule has 1 aromatic rings. The van der Waals surface area contributed by atoms with E-state index in [9.17, 15) is 8.42 Å². The summed E-state index contributed by atoms with van der Waals surface area (Å²) >= 11 is 0. The molecule has 6 nitrogen and oxygen atoms in total. The topological polar surface area (TPSA) is 74.0 Å². The van der Waals surface area contributed by atoms with Crippen LogP contribution in [0, 0.1) is 6.92 Å². The molecule has 0 aromatic carbocycles. The number of sulfonamides is 1. The third kappa shape index (κ3) is 2.90. The molecule has 0 radical (unpaired) electrons. The fourth-order valence-corrected chi connectivity index (χ4v) is 4.54. The minimum atomic E-state index is -3.58. The second kappa shape index (κ2) is 5.85. The van der Waals surface area contributed by atoms with Crippen LogP contribution >= 0.6 is 0 Å². The maximum Gasteiger partial charge on any atom is 0.246 e. The molecule has 1 saturated heterocycles.